The average molecular weight is 464 g/mol. The number of thiazole rings is 1. The van der Waals surface area contributed by atoms with Gasteiger partial charge in [-0.05, 0) is 36.4 Å². The van der Waals surface area contributed by atoms with Crippen LogP contribution in [0.1, 0.15) is 10.5 Å². The van der Waals surface area contributed by atoms with Gasteiger partial charge in [-0.1, -0.05) is 11.3 Å². The number of fused-ring (bicyclic) bond motifs is 1. The first kappa shape index (κ1) is 21.6. The number of nitrogens with one attached hydrogen (secondary N) is 3. The number of hydrogen-bond acceptors (Lipinski definition) is 8. The summed E-state index contributed by atoms with van der Waals surface area (Å²) in [5, 5.41) is 19.0. The van der Waals surface area contributed by atoms with E-state index < -0.39 is 11.0 Å². The highest BCUT2D eigenvalue weighted by Crippen LogP contribution is 2.29. The zero-order valence-electron chi connectivity index (χ0n) is 17.1. The molecule has 0 saturated heterocycles. The van der Waals surface area contributed by atoms with Crippen molar-refractivity contribution >= 4 is 50.0 Å². The van der Waals surface area contributed by atoms with Crippen LogP contribution in [0.2, 0.25) is 0 Å². The molecule has 12 heteroatoms. The van der Waals surface area contributed by atoms with Gasteiger partial charge < -0.3 is 15.4 Å². The Bertz CT molecular complexity index is 1360. The van der Waals surface area contributed by atoms with Crippen LogP contribution >= 0.6 is 11.3 Å². The number of nitro benzene ring substituents is 1. The molecule has 2 aromatic heterocycles. The Morgan fingerprint density at radius 3 is 2.55 bits per heavy atom. The Morgan fingerprint density at radius 2 is 1.82 bits per heavy atom. The van der Waals surface area contributed by atoms with Gasteiger partial charge in [0.1, 0.15) is 17.2 Å². The first-order chi connectivity index (χ1) is 15.9. The summed E-state index contributed by atoms with van der Waals surface area (Å²) in [4.78, 5) is 42.6. The van der Waals surface area contributed by atoms with Gasteiger partial charge >= 0.3 is 6.03 Å². The Hall–Kier alpha value is -4.58. The number of amides is 3. The van der Waals surface area contributed by atoms with Crippen LogP contribution in [-0.2, 0) is 0 Å². The van der Waals surface area contributed by atoms with E-state index in [9.17, 15) is 19.7 Å². The topological polar surface area (TPSA) is 148 Å². The average Bonchev–Trinajstić information content (AvgIpc) is 3.21. The Morgan fingerprint density at radius 1 is 1.03 bits per heavy atom. The van der Waals surface area contributed by atoms with Crippen LogP contribution in [0.3, 0.4) is 0 Å². The van der Waals surface area contributed by atoms with Crippen molar-refractivity contribution in [3.05, 3.63) is 76.6 Å². The van der Waals surface area contributed by atoms with Crippen molar-refractivity contribution < 1.29 is 19.2 Å². The number of rotatable bonds is 6. The number of non-ortho nitro benzene ring substituents is 1. The number of carbonyl (C=O) groups is 2. The van der Waals surface area contributed by atoms with Crippen molar-refractivity contribution in [3.8, 4) is 11.5 Å². The summed E-state index contributed by atoms with van der Waals surface area (Å²) < 4.78 is 6.32. The Kier molecular flexibility index (Phi) is 6.09. The van der Waals surface area contributed by atoms with Gasteiger partial charge in [0.25, 0.3) is 11.6 Å². The van der Waals surface area contributed by atoms with Crippen molar-refractivity contribution in [1.82, 2.24) is 15.3 Å². The zero-order valence-corrected chi connectivity index (χ0v) is 17.9. The fraction of sp³-hybridized carbons (Fsp3) is 0.0476. The molecule has 0 aliphatic heterocycles. The van der Waals surface area contributed by atoms with E-state index >= 15 is 0 Å². The molecule has 166 valence electrons. The van der Waals surface area contributed by atoms with Gasteiger partial charge in [-0.25, -0.2) is 9.78 Å². The fourth-order valence-corrected chi connectivity index (χ4v) is 3.70. The minimum atomic E-state index is -0.512. The third-order valence-corrected chi connectivity index (χ3v) is 5.28. The van der Waals surface area contributed by atoms with E-state index in [1.807, 2.05) is 0 Å². The summed E-state index contributed by atoms with van der Waals surface area (Å²) in [5.74, 6) is 0.623. The second-order valence-corrected chi connectivity index (χ2v) is 7.62. The molecule has 33 heavy (non-hydrogen) atoms. The van der Waals surface area contributed by atoms with Crippen LogP contribution < -0.4 is 20.7 Å². The lowest BCUT2D eigenvalue weighted by Crippen LogP contribution is -2.19. The summed E-state index contributed by atoms with van der Waals surface area (Å²) in [7, 11) is 1.52. The summed E-state index contributed by atoms with van der Waals surface area (Å²) in [5.41, 5.74) is 1.26. The molecule has 0 spiro atoms. The molecule has 3 N–H and O–H groups in total. The zero-order chi connectivity index (χ0) is 23.4. The van der Waals surface area contributed by atoms with Crippen LogP contribution in [0.15, 0.2) is 60.8 Å². The lowest BCUT2D eigenvalue weighted by Gasteiger charge is -2.09. The SMILES string of the molecule is CNC(=O)c1cc(Oc2ccc(NC(=O)Nc3nc4ccc([N+](=O)[O-])cc4s3)cc2)ccn1. The quantitative estimate of drug-likeness (QED) is 0.283. The molecule has 0 fully saturated rings. The maximum absolute atomic E-state index is 12.3. The number of benzene rings is 2. The van der Waals surface area contributed by atoms with E-state index in [0.717, 1.165) is 11.3 Å². The number of urea groups is 1. The molecule has 3 amide bonds. The Balaban J connectivity index is 1.38. The highest BCUT2D eigenvalue weighted by atomic mass is 32.1. The number of nitro groups is 1. The number of aromatic nitrogens is 2. The lowest BCUT2D eigenvalue weighted by atomic mass is 10.3. The fourth-order valence-electron chi connectivity index (χ4n) is 2.81. The van der Waals surface area contributed by atoms with E-state index in [1.54, 1.807) is 30.3 Å². The lowest BCUT2D eigenvalue weighted by molar-refractivity contribution is -0.384. The maximum Gasteiger partial charge on any atom is 0.325 e. The second kappa shape index (κ2) is 9.28. The molecule has 11 nitrogen and oxygen atoms in total. The van der Waals surface area contributed by atoms with Crippen molar-refractivity contribution in [1.29, 1.82) is 0 Å². The summed E-state index contributed by atoms with van der Waals surface area (Å²) >= 11 is 1.14. The third-order valence-electron chi connectivity index (χ3n) is 4.34. The molecular weight excluding hydrogens is 448 g/mol. The van der Waals surface area contributed by atoms with Crippen LogP contribution in [-0.4, -0.2) is 33.9 Å². The molecule has 0 bridgehead atoms. The molecule has 2 aromatic carbocycles. The number of anilines is 2. The van der Waals surface area contributed by atoms with Gasteiger partial charge in [0.05, 0.1) is 15.1 Å². The van der Waals surface area contributed by atoms with Crippen molar-refractivity contribution in [2.24, 2.45) is 0 Å². The first-order valence-corrected chi connectivity index (χ1v) is 10.3. The molecular formula is C21H16N6O5S. The third kappa shape index (κ3) is 5.19. The van der Waals surface area contributed by atoms with Crippen LogP contribution in [0.4, 0.5) is 21.3 Å². The molecule has 0 saturated carbocycles. The maximum atomic E-state index is 12.3. The predicted octanol–water partition coefficient (Wildman–Crippen LogP) is 4.40. The molecule has 0 aliphatic rings. The highest BCUT2D eigenvalue weighted by Gasteiger charge is 2.12. The predicted molar refractivity (Wildman–Crippen MR) is 123 cm³/mol. The molecule has 4 aromatic rings. The summed E-state index contributed by atoms with van der Waals surface area (Å²) in [6.07, 6.45) is 1.47. The van der Waals surface area contributed by atoms with Gasteiger partial charge in [-0.15, -0.1) is 0 Å². The molecule has 4 rings (SSSR count). The van der Waals surface area contributed by atoms with E-state index in [-0.39, 0.29) is 17.3 Å². The molecule has 0 radical (unpaired) electrons. The van der Waals surface area contributed by atoms with Crippen LogP contribution in [0.25, 0.3) is 10.2 Å². The number of nitrogens with zero attached hydrogens (tertiary/aromatic N) is 3. The minimum absolute atomic E-state index is 0.0407. The van der Waals surface area contributed by atoms with Crippen molar-refractivity contribution in [3.63, 3.8) is 0 Å². The van der Waals surface area contributed by atoms with Crippen LogP contribution in [0, 0.1) is 10.1 Å². The van der Waals surface area contributed by atoms with Crippen LogP contribution in [0.5, 0.6) is 11.5 Å². The normalized spacial score (nSPS) is 10.5. The van der Waals surface area contributed by atoms with Crippen molar-refractivity contribution in [2.75, 3.05) is 17.7 Å². The van der Waals surface area contributed by atoms with Gasteiger partial charge in [-0.2, -0.15) is 0 Å². The summed E-state index contributed by atoms with van der Waals surface area (Å²) in [6, 6.07) is 13.6. The minimum Gasteiger partial charge on any atom is -0.457 e. The number of ether oxygens (including phenoxy) is 1. The second-order valence-electron chi connectivity index (χ2n) is 6.59. The smallest absolute Gasteiger partial charge is 0.325 e. The van der Waals surface area contributed by atoms with Gasteiger partial charge in [0.2, 0.25) is 0 Å². The largest absolute Gasteiger partial charge is 0.457 e. The van der Waals surface area contributed by atoms with Crippen molar-refractivity contribution in [2.45, 2.75) is 0 Å². The number of pyridine rings is 1. The van der Waals surface area contributed by atoms with Gasteiger partial charge in [-0.3, -0.25) is 25.2 Å². The molecule has 0 unspecified atom stereocenters. The molecule has 0 aliphatic carbocycles. The molecule has 0 atom stereocenters. The van der Waals surface area contributed by atoms with Gasteiger partial charge in [0.15, 0.2) is 5.13 Å². The standard InChI is InChI=1S/C21H16N6O5S/c1-22-19(28)17-11-15(8-9-23-17)32-14-5-2-12(3-6-14)24-20(29)26-21-25-16-7-4-13(27(30)31)10-18(16)33-21/h2-11H,1H3,(H,22,28)(H2,24,25,26,29). The van der Waals surface area contributed by atoms with E-state index in [1.165, 1.54) is 37.5 Å². The number of carbonyl (C=O) groups excluding carboxylic acids is 2. The monoisotopic (exact) mass is 464 g/mol. The summed E-state index contributed by atoms with van der Waals surface area (Å²) in [6.45, 7) is 0. The molecule has 2 heterocycles. The number of hydrogen-bond donors (Lipinski definition) is 3. The van der Waals surface area contributed by atoms with E-state index in [0.29, 0.717) is 32.5 Å². The first-order valence-electron chi connectivity index (χ1n) is 9.50. The highest BCUT2D eigenvalue weighted by molar-refractivity contribution is 7.22. The van der Waals surface area contributed by atoms with E-state index in [2.05, 4.69) is 25.9 Å². The Labute approximate surface area is 190 Å². The van der Waals surface area contributed by atoms with Gasteiger partial charge in [0, 0.05) is 37.1 Å². The van der Waals surface area contributed by atoms with E-state index in [4.69, 9.17) is 4.74 Å².